The molecule has 0 aliphatic rings. The number of sulfonamides is 1. The summed E-state index contributed by atoms with van der Waals surface area (Å²) in [5.74, 6) is 0.972. The minimum Gasteiger partial charge on any atom is -0.497 e. The van der Waals surface area contributed by atoms with Crippen LogP contribution in [-0.4, -0.2) is 20.5 Å². The third-order valence-electron chi connectivity index (χ3n) is 3.76. The maximum Gasteiger partial charge on any atom is 0.269 e. The Morgan fingerprint density at radius 3 is 2.11 bits per heavy atom. The zero-order chi connectivity index (χ0) is 20.1. The highest BCUT2D eigenvalue weighted by Crippen LogP contribution is 2.31. The number of benzene rings is 3. The van der Waals surface area contributed by atoms with Gasteiger partial charge in [0.05, 0.1) is 12.0 Å². The number of para-hydroxylation sites is 1. The van der Waals surface area contributed by atoms with Crippen molar-refractivity contribution in [1.82, 2.24) is 0 Å². The number of hydrogen-bond donors (Lipinski definition) is 1. The summed E-state index contributed by atoms with van der Waals surface area (Å²) in [5, 5.41) is 10.7. The minimum atomic E-state index is -3.93. The first-order valence-corrected chi connectivity index (χ1v) is 9.55. The molecule has 3 aromatic carbocycles. The Morgan fingerprint density at radius 1 is 0.893 bits per heavy atom. The second kappa shape index (κ2) is 7.97. The molecular formula is C19H16N2O6S. The molecule has 8 nitrogen and oxygen atoms in total. The van der Waals surface area contributed by atoms with Crippen LogP contribution in [0.4, 0.5) is 11.4 Å². The molecule has 0 aliphatic heterocycles. The number of nitrogens with zero attached hydrogens (tertiary/aromatic N) is 1. The molecule has 0 atom stereocenters. The second-order valence-electron chi connectivity index (χ2n) is 5.63. The van der Waals surface area contributed by atoms with Crippen LogP contribution in [0.2, 0.25) is 0 Å². The number of ether oxygens (including phenoxy) is 2. The van der Waals surface area contributed by atoms with Crippen molar-refractivity contribution in [3.63, 3.8) is 0 Å². The van der Waals surface area contributed by atoms with E-state index in [0.29, 0.717) is 11.4 Å². The molecule has 9 heteroatoms. The zero-order valence-electron chi connectivity index (χ0n) is 14.7. The molecule has 0 heterocycles. The molecule has 0 spiro atoms. The van der Waals surface area contributed by atoms with Gasteiger partial charge in [-0.25, -0.2) is 8.42 Å². The molecule has 0 radical (unpaired) electrons. The quantitative estimate of drug-likeness (QED) is 0.470. The Balaban J connectivity index is 1.86. The molecule has 0 aliphatic carbocycles. The van der Waals surface area contributed by atoms with Crippen LogP contribution in [0.1, 0.15) is 0 Å². The van der Waals surface area contributed by atoms with Crippen LogP contribution in [-0.2, 0) is 10.0 Å². The van der Waals surface area contributed by atoms with E-state index in [0.717, 1.165) is 0 Å². The predicted octanol–water partition coefficient (Wildman–Crippen LogP) is 4.20. The second-order valence-corrected chi connectivity index (χ2v) is 7.28. The van der Waals surface area contributed by atoms with Gasteiger partial charge in [0.25, 0.3) is 15.7 Å². The summed E-state index contributed by atoms with van der Waals surface area (Å²) in [6, 6.07) is 17.9. The first kappa shape index (κ1) is 19.2. The van der Waals surface area contributed by atoms with Crippen molar-refractivity contribution in [2.24, 2.45) is 0 Å². The van der Waals surface area contributed by atoms with Gasteiger partial charge in [0, 0.05) is 17.8 Å². The first-order chi connectivity index (χ1) is 13.4. The number of non-ortho nitro benzene ring substituents is 1. The van der Waals surface area contributed by atoms with Gasteiger partial charge in [-0.2, -0.15) is 0 Å². The van der Waals surface area contributed by atoms with Crippen molar-refractivity contribution in [1.29, 1.82) is 0 Å². The lowest BCUT2D eigenvalue weighted by Gasteiger charge is -2.13. The van der Waals surface area contributed by atoms with Gasteiger partial charge >= 0.3 is 0 Å². The molecule has 0 fully saturated rings. The summed E-state index contributed by atoms with van der Waals surface area (Å²) >= 11 is 0. The number of anilines is 1. The molecule has 0 unspecified atom stereocenters. The van der Waals surface area contributed by atoms with Crippen molar-refractivity contribution in [2.45, 2.75) is 4.90 Å². The maximum absolute atomic E-state index is 12.8. The van der Waals surface area contributed by atoms with E-state index in [-0.39, 0.29) is 22.1 Å². The number of nitro benzene ring substituents is 1. The summed E-state index contributed by atoms with van der Waals surface area (Å²) in [6.45, 7) is 0. The van der Waals surface area contributed by atoms with Crippen molar-refractivity contribution in [3.05, 3.63) is 82.9 Å². The van der Waals surface area contributed by atoms with E-state index in [1.54, 1.807) is 36.4 Å². The van der Waals surface area contributed by atoms with Gasteiger partial charge in [-0.1, -0.05) is 12.1 Å². The van der Waals surface area contributed by atoms with Gasteiger partial charge in [-0.15, -0.1) is 0 Å². The number of hydrogen-bond acceptors (Lipinski definition) is 6. The van der Waals surface area contributed by atoms with Gasteiger partial charge in [0.1, 0.15) is 22.1 Å². The van der Waals surface area contributed by atoms with Crippen molar-refractivity contribution in [3.8, 4) is 17.2 Å². The Morgan fingerprint density at radius 2 is 1.50 bits per heavy atom. The highest BCUT2D eigenvalue weighted by molar-refractivity contribution is 7.92. The van der Waals surface area contributed by atoms with E-state index in [4.69, 9.17) is 9.47 Å². The summed E-state index contributed by atoms with van der Waals surface area (Å²) in [6.07, 6.45) is 0. The summed E-state index contributed by atoms with van der Waals surface area (Å²) in [5.41, 5.74) is 0.278. The van der Waals surface area contributed by atoms with E-state index in [1.807, 2.05) is 0 Å². The van der Waals surface area contributed by atoms with Gasteiger partial charge in [0.2, 0.25) is 0 Å². The average molecular weight is 400 g/mol. The predicted molar refractivity (Wildman–Crippen MR) is 103 cm³/mol. The number of methoxy groups -OCH3 is 1. The van der Waals surface area contributed by atoms with Crippen LogP contribution in [0, 0.1) is 10.1 Å². The minimum absolute atomic E-state index is 0.0656. The Hall–Kier alpha value is -3.59. The van der Waals surface area contributed by atoms with E-state index < -0.39 is 14.9 Å². The molecule has 0 bridgehead atoms. The topological polar surface area (TPSA) is 108 Å². The fourth-order valence-corrected chi connectivity index (χ4v) is 3.58. The van der Waals surface area contributed by atoms with Crippen LogP contribution in [0.25, 0.3) is 0 Å². The molecule has 0 amide bonds. The van der Waals surface area contributed by atoms with Gasteiger partial charge in [-0.3, -0.25) is 14.8 Å². The Labute approximate surface area is 161 Å². The number of nitro groups is 1. The number of rotatable bonds is 7. The van der Waals surface area contributed by atoms with Crippen molar-refractivity contribution < 1.29 is 22.8 Å². The summed E-state index contributed by atoms with van der Waals surface area (Å²) in [7, 11) is -2.41. The molecule has 1 N–H and O–H groups in total. The van der Waals surface area contributed by atoms with E-state index >= 15 is 0 Å². The largest absolute Gasteiger partial charge is 0.497 e. The lowest BCUT2D eigenvalue weighted by atomic mass is 10.3. The molecule has 28 heavy (non-hydrogen) atoms. The smallest absolute Gasteiger partial charge is 0.269 e. The van der Waals surface area contributed by atoms with E-state index in [9.17, 15) is 18.5 Å². The van der Waals surface area contributed by atoms with Gasteiger partial charge in [0.15, 0.2) is 0 Å². The van der Waals surface area contributed by atoms with Crippen LogP contribution < -0.4 is 14.2 Å². The van der Waals surface area contributed by atoms with Crippen LogP contribution in [0.3, 0.4) is 0 Å². The Kier molecular flexibility index (Phi) is 5.46. The SMILES string of the molecule is COc1ccc(NS(=O)(=O)c2ccccc2Oc2ccc([N+](=O)[O-])cc2)cc1. The van der Waals surface area contributed by atoms with Gasteiger partial charge in [-0.05, 0) is 48.5 Å². The molecule has 0 saturated carbocycles. The lowest BCUT2D eigenvalue weighted by Crippen LogP contribution is -2.13. The molecule has 0 aromatic heterocycles. The van der Waals surface area contributed by atoms with Crippen molar-refractivity contribution in [2.75, 3.05) is 11.8 Å². The molecule has 3 aromatic rings. The van der Waals surface area contributed by atoms with E-state index in [2.05, 4.69) is 4.72 Å². The van der Waals surface area contributed by atoms with Crippen LogP contribution in [0.15, 0.2) is 77.7 Å². The Bertz CT molecular complexity index is 1080. The van der Waals surface area contributed by atoms with Crippen LogP contribution >= 0.6 is 0 Å². The molecule has 3 rings (SSSR count). The van der Waals surface area contributed by atoms with Crippen molar-refractivity contribution >= 4 is 21.4 Å². The molecular weight excluding hydrogens is 384 g/mol. The third-order valence-corrected chi connectivity index (χ3v) is 5.18. The van der Waals surface area contributed by atoms with Gasteiger partial charge < -0.3 is 9.47 Å². The summed E-state index contributed by atoms with van der Waals surface area (Å²) in [4.78, 5) is 10.1. The average Bonchev–Trinajstić information content (AvgIpc) is 2.69. The normalized spacial score (nSPS) is 10.9. The fraction of sp³-hybridized carbons (Fsp3) is 0.0526. The first-order valence-electron chi connectivity index (χ1n) is 8.07. The number of nitrogens with one attached hydrogen (secondary N) is 1. The van der Waals surface area contributed by atoms with Crippen LogP contribution in [0.5, 0.6) is 17.2 Å². The molecule has 144 valence electrons. The highest BCUT2D eigenvalue weighted by Gasteiger charge is 2.20. The highest BCUT2D eigenvalue weighted by atomic mass is 32.2. The summed E-state index contributed by atoms with van der Waals surface area (Å²) < 4.78 is 38.8. The standard InChI is InChI=1S/C19H16N2O6S/c1-26-16-10-6-14(7-11-16)20-28(24,25)19-5-3-2-4-18(19)27-17-12-8-15(9-13-17)21(22)23/h2-13,20H,1H3. The lowest BCUT2D eigenvalue weighted by molar-refractivity contribution is -0.384. The fourth-order valence-electron chi connectivity index (χ4n) is 2.39. The zero-order valence-corrected chi connectivity index (χ0v) is 15.5. The maximum atomic E-state index is 12.8. The van der Waals surface area contributed by atoms with E-state index in [1.165, 1.54) is 43.5 Å². The third kappa shape index (κ3) is 4.38. The molecule has 0 saturated heterocycles. The monoisotopic (exact) mass is 400 g/mol.